The first-order chi connectivity index (χ1) is 14.3. The summed E-state index contributed by atoms with van der Waals surface area (Å²) in [7, 11) is 0. The van der Waals surface area contributed by atoms with Gasteiger partial charge in [-0.15, -0.1) is 0 Å². The van der Waals surface area contributed by atoms with E-state index >= 15 is 0 Å². The Bertz CT molecular complexity index is 975. The molecule has 0 bridgehead atoms. The molecular weight excluding hydrogens is 406 g/mol. The summed E-state index contributed by atoms with van der Waals surface area (Å²) in [5.74, 6) is 1.44. The van der Waals surface area contributed by atoms with Crippen LogP contribution in [-0.4, -0.2) is 58.2 Å². The van der Waals surface area contributed by atoms with Gasteiger partial charge in [-0.05, 0) is 36.4 Å². The van der Waals surface area contributed by atoms with Crippen LogP contribution in [0.25, 0.3) is 22.3 Å². The van der Waals surface area contributed by atoms with E-state index in [1.54, 1.807) is 0 Å². The molecule has 2 saturated heterocycles. The molecule has 29 heavy (non-hydrogen) atoms. The molecule has 2 aliphatic heterocycles. The van der Waals surface area contributed by atoms with Gasteiger partial charge in [0.25, 0.3) is 0 Å². The summed E-state index contributed by atoms with van der Waals surface area (Å²) in [6, 6.07) is 6.12. The van der Waals surface area contributed by atoms with E-state index in [1.165, 1.54) is 11.5 Å². The van der Waals surface area contributed by atoms with Crippen molar-refractivity contribution in [1.82, 2.24) is 24.1 Å². The summed E-state index contributed by atoms with van der Waals surface area (Å²) in [6.45, 7) is 7.76. The molecule has 0 aliphatic carbocycles. The molecule has 0 amide bonds. The van der Waals surface area contributed by atoms with Gasteiger partial charge in [0.05, 0.1) is 17.1 Å². The fourth-order valence-electron chi connectivity index (χ4n) is 4.33. The van der Waals surface area contributed by atoms with Crippen molar-refractivity contribution in [1.29, 1.82) is 0 Å². The minimum absolute atomic E-state index is 0.620. The maximum Gasteiger partial charge on any atom is 0.175 e. The van der Waals surface area contributed by atoms with Gasteiger partial charge in [-0.25, -0.2) is 4.98 Å². The zero-order chi connectivity index (χ0) is 19.6. The van der Waals surface area contributed by atoms with Crippen molar-refractivity contribution in [2.45, 2.75) is 25.9 Å². The zero-order valence-electron chi connectivity index (χ0n) is 16.4. The average molecular weight is 432 g/mol. The van der Waals surface area contributed by atoms with E-state index in [4.69, 9.17) is 25.7 Å². The SMILES string of the molecule is Clc1cccc2c(-c3nsc(CN4CCNCC4)n3)cn(CC3CCOCC3)c12. The number of hydrogen-bond acceptors (Lipinski definition) is 6. The van der Waals surface area contributed by atoms with E-state index in [0.717, 1.165) is 97.6 Å². The van der Waals surface area contributed by atoms with Crippen LogP contribution in [-0.2, 0) is 17.8 Å². The molecule has 1 N–H and O–H groups in total. The Morgan fingerprint density at radius 2 is 2.03 bits per heavy atom. The number of para-hydroxylation sites is 1. The summed E-state index contributed by atoms with van der Waals surface area (Å²) in [5, 5.41) is 6.40. The number of nitrogens with one attached hydrogen (secondary N) is 1. The van der Waals surface area contributed by atoms with Gasteiger partial charge in [0.2, 0.25) is 0 Å². The minimum Gasteiger partial charge on any atom is -0.381 e. The average Bonchev–Trinajstić information content (AvgIpc) is 3.35. The second-order valence-corrected chi connectivity index (χ2v) is 9.17. The molecule has 2 aliphatic rings. The predicted molar refractivity (Wildman–Crippen MR) is 118 cm³/mol. The van der Waals surface area contributed by atoms with Gasteiger partial charge in [0, 0.05) is 63.1 Å². The predicted octanol–water partition coefficient (Wildman–Crippen LogP) is 3.65. The van der Waals surface area contributed by atoms with Gasteiger partial charge < -0.3 is 14.6 Å². The standard InChI is InChI=1S/C21H26ClN5OS/c22-18-3-1-2-16-17(13-27(20(16)18)12-15-4-10-28-11-5-15)21-24-19(29-25-21)14-26-8-6-23-7-9-26/h1-3,13,15,23H,4-12,14H2. The number of halogens is 1. The number of rotatable bonds is 5. The van der Waals surface area contributed by atoms with Crippen LogP contribution in [0.2, 0.25) is 5.02 Å². The highest BCUT2D eigenvalue weighted by Crippen LogP contribution is 2.35. The lowest BCUT2D eigenvalue weighted by atomic mass is 10.0. The van der Waals surface area contributed by atoms with Crippen LogP contribution in [0.5, 0.6) is 0 Å². The molecule has 5 rings (SSSR count). The van der Waals surface area contributed by atoms with Crippen molar-refractivity contribution in [3.8, 4) is 11.4 Å². The number of hydrogen-bond donors (Lipinski definition) is 1. The van der Waals surface area contributed by atoms with Gasteiger partial charge in [-0.1, -0.05) is 23.7 Å². The number of nitrogens with zero attached hydrogens (tertiary/aromatic N) is 4. The van der Waals surface area contributed by atoms with E-state index in [1.807, 2.05) is 12.1 Å². The smallest absolute Gasteiger partial charge is 0.175 e. The van der Waals surface area contributed by atoms with Gasteiger partial charge in [-0.2, -0.15) is 4.37 Å². The van der Waals surface area contributed by atoms with E-state index in [0.29, 0.717) is 5.92 Å². The molecule has 1 aromatic carbocycles. The van der Waals surface area contributed by atoms with E-state index in [-0.39, 0.29) is 0 Å². The van der Waals surface area contributed by atoms with Crippen molar-refractivity contribution in [2.24, 2.45) is 5.92 Å². The molecule has 3 aromatic rings. The third-order valence-corrected chi connectivity index (χ3v) is 6.92. The highest BCUT2D eigenvalue weighted by Gasteiger charge is 2.21. The number of ether oxygens (including phenoxy) is 1. The van der Waals surface area contributed by atoms with Crippen LogP contribution in [0.15, 0.2) is 24.4 Å². The second-order valence-electron chi connectivity index (χ2n) is 7.92. The molecule has 0 unspecified atom stereocenters. The first-order valence-electron chi connectivity index (χ1n) is 10.4. The Morgan fingerprint density at radius 3 is 2.86 bits per heavy atom. The summed E-state index contributed by atoms with van der Waals surface area (Å²) in [4.78, 5) is 7.32. The summed E-state index contributed by atoms with van der Waals surface area (Å²) >= 11 is 8.13. The molecule has 0 radical (unpaired) electrons. The maximum atomic E-state index is 6.62. The van der Waals surface area contributed by atoms with Crippen molar-refractivity contribution >= 4 is 34.0 Å². The highest BCUT2D eigenvalue weighted by molar-refractivity contribution is 7.05. The summed E-state index contributed by atoms with van der Waals surface area (Å²) in [5.41, 5.74) is 2.17. The maximum absolute atomic E-state index is 6.62. The van der Waals surface area contributed by atoms with Crippen LogP contribution in [0.3, 0.4) is 0 Å². The Morgan fingerprint density at radius 1 is 1.21 bits per heavy atom. The fraction of sp³-hybridized carbons (Fsp3) is 0.524. The van der Waals surface area contributed by atoms with Crippen LogP contribution in [0.1, 0.15) is 17.8 Å². The van der Waals surface area contributed by atoms with E-state index < -0.39 is 0 Å². The van der Waals surface area contributed by atoms with Gasteiger partial charge in [0.15, 0.2) is 5.82 Å². The van der Waals surface area contributed by atoms with Crippen LogP contribution < -0.4 is 5.32 Å². The molecule has 2 aromatic heterocycles. The van der Waals surface area contributed by atoms with Crippen molar-refractivity contribution in [3.63, 3.8) is 0 Å². The van der Waals surface area contributed by atoms with E-state index in [2.05, 4.69) is 27.0 Å². The Labute approximate surface area is 180 Å². The summed E-state index contributed by atoms with van der Waals surface area (Å²) in [6.07, 6.45) is 4.40. The van der Waals surface area contributed by atoms with Gasteiger partial charge in [0.1, 0.15) is 5.01 Å². The Balaban J connectivity index is 1.44. The second kappa shape index (κ2) is 8.70. The lowest BCUT2D eigenvalue weighted by Crippen LogP contribution is -2.42. The lowest BCUT2D eigenvalue weighted by molar-refractivity contribution is 0.0616. The summed E-state index contributed by atoms with van der Waals surface area (Å²) < 4.78 is 12.5. The molecule has 154 valence electrons. The quantitative estimate of drug-likeness (QED) is 0.668. The van der Waals surface area contributed by atoms with Crippen molar-refractivity contribution in [2.75, 3.05) is 39.4 Å². The van der Waals surface area contributed by atoms with Crippen molar-refractivity contribution < 1.29 is 4.74 Å². The first-order valence-corrected chi connectivity index (χ1v) is 11.5. The zero-order valence-corrected chi connectivity index (χ0v) is 18.0. The largest absolute Gasteiger partial charge is 0.381 e. The van der Waals surface area contributed by atoms with Crippen LogP contribution in [0, 0.1) is 5.92 Å². The van der Waals surface area contributed by atoms with Gasteiger partial charge >= 0.3 is 0 Å². The molecule has 0 atom stereocenters. The monoisotopic (exact) mass is 431 g/mol. The number of fused-ring (bicyclic) bond motifs is 1. The normalized spacial score (nSPS) is 19.2. The third kappa shape index (κ3) is 4.20. The third-order valence-electron chi connectivity index (χ3n) is 5.92. The molecule has 4 heterocycles. The molecule has 6 nitrogen and oxygen atoms in total. The Hall–Kier alpha value is -1.51. The van der Waals surface area contributed by atoms with Crippen molar-refractivity contribution in [3.05, 3.63) is 34.4 Å². The Kier molecular flexibility index (Phi) is 5.83. The van der Waals surface area contributed by atoms with Crippen LogP contribution in [0.4, 0.5) is 0 Å². The molecule has 0 saturated carbocycles. The molecular formula is C21H26ClN5OS. The number of piperazine rings is 1. The first kappa shape index (κ1) is 19.5. The van der Waals surface area contributed by atoms with Gasteiger partial charge in [-0.3, -0.25) is 4.90 Å². The molecule has 8 heteroatoms. The highest BCUT2D eigenvalue weighted by atomic mass is 35.5. The minimum atomic E-state index is 0.620. The lowest BCUT2D eigenvalue weighted by Gasteiger charge is -2.25. The van der Waals surface area contributed by atoms with Crippen LogP contribution >= 0.6 is 23.1 Å². The number of aromatic nitrogens is 3. The van der Waals surface area contributed by atoms with E-state index in [9.17, 15) is 0 Å². The number of benzene rings is 1. The fourth-order valence-corrected chi connectivity index (χ4v) is 5.31. The molecule has 2 fully saturated rings. The molecule has 0 spiro atoms. The topological polar surface area (TPSA) is 55.2 Å².